The summed E-state index contributed by atoms with van der Waals surface area (Å²) in [5.41, 5.74) is -10.9. The van der Waals surface area contributed by atoms with Gasteiger partial charge in [-0.15, -0.1) is 13.2 Å². The third-order valence-electron chi connectivity index (χ3n) is 3.00. The summed E-state index contributed by atoms with van der Waals surface area (Å²) in [5, 5.41) is 0. The van der Waals surface area contributed by atoms with Crippen molar-refractivity contribution in [1.29, 1.82) is 0 Å². The fourth-order valence-electron chi connectivity index (χ4n) is 1.75. The lowest BCUT2D eigenvalue weighted by molar-refractivity contribution is -0.389. The summed E-state index contributed by atoms with van der Waals surface area (Å²) >= 11 is -4.22. The average molecular weight is 427 g/mol. The summed E-state index contributed by atoms with van der Waals surface area (Å²) in [5.74, 6) is -7.08. The number of hydrogen-bond donors (Lipinski definition) is 1. The molecule has 0 aliphatic carbocycles. The SMILES string of the molecule is Nc1ccc(C(F)(C(F)(F)F)C(F)(F)C(F)(F)F)cc1[S+]([O-])C(F)(F)F. The highest BCUT2D eigenvalue weighted by Gasteiger charge is 2.81. The molecule has 0 heterocycles. The molecule has 0 aliphatic heterocycles. The van der Waals surface area contributed by atoms with Gasteiger partial charge in [0.25, 0.3) is 0 Å². The minimum atomic E-state index is -7.08. The van der Waals surface area contributed by atoms with Crippen molar-refractivity contribution in [3.05, 3.63) is 23.8 Å². The summed E-state index contributed by atoms with van der Waals surface area (Å²) in [6.07, 6.45) is -14.0. The lowest BCUT2D eigenvalue weighted by atomic mass is 9.87. The lowest BCUT2D eigenvalue weighted by Gasteiger charge is -2.36. The molecule has 2 nitrogen and oxygen atoms in total. The zero-order chi connectivity index (χ0) is 20.9. The van der Waals surface area contributed by atoms with Crippen molar-refractivity contribution in [2.24, 2.45) is 0 Å². The van der Waals surface area contributed by atoms with Crippen LogP contribution >= 0.6 is 0 Å². The molecule has 1 aromatic carbocycles. The molecule has 2 unspecified atom stereocenters. The molecule has 15 heteroatoms. The molecule has 150 valence electrons. The molecule has 0 bridgehead atoms. The van der Waals surface area contributed by atoms with Crippen LogP contribution in [0.3, 0.4) is 0 Å². The van der Waals surface area contributed by atoms with Gasteiger partial charge in [0.15, 0.2) is 4.90 Å². The quantitative estimate of drug-likeness (QED) is 0.427. The molecule has 1 aromatic rings. The minimum Gasteiger partial charge on any atom is -0.604 e. The van der Waals surface area contributed by atoms with Gasteiger partial charge >= 0.3 is 29.5 Å². The van der Waals surface area contributed by atoms with Crippen molar-refractivity contribution < 1.29 is 57.2 Å². The van der Waals surface area contributed by atoms with Crippen molar-refractivity contribution in [2.45, 2.75) is 34.3 Å². The molecule has 0 saturated heterocycles. The Morgan fingerprint density at radius 3 is 1.58 bits per heavy atom. The summed E-state index contributed by atoms with van der Waals surface area (Å²) in [6, 6.07) is -0.994. The van der Waals surface area contributed by atoms with Crippen LogP contribution in [0.15, 0.2) is 23.1 Å². The van der Waals surface area contributed by atoms with Gasteiger partial charge in [0.2, 0.25) is 0 Å². The average Bonchev–Trinajstić information content (AvgIpc) is 2.42. The van der Waals surface area contributed by atoms with Crippen LogP contribution in [0.5, 0.6) is 0 Å². The highest BCUT2D eigenvalue weighted by Crippen LogP contribution is 2.58. The molecular weight excluding hydrogens is 422 g/mol. The van der Waals surface area contributed by atoms with E-state index in [1.54, 1.807) is 0 Å². The molecule has 2 N–H and O–H groups in total. The molecule has 0 aliphatic rings. The van der Waals surface area contributed by atoms with E-state index in [-0.39, 0.29) is 12.1 Å². The zero-order valence-corrected chi connectivity index (χ0v) is 12.5. The summed E-state index contributed by atoms with van der Waals surface area (Å²) in [6.45, 7) is 0. The Bertz CT molecular complexity index is 667. The van der Waals surface area contributed by atoms with E-state index in [9.17, 15) is 57.2 Å². The Labute approximate surface area is 139 Å². The second kappa shape index (κ2) is 6.28. The Hall–Kier alpha value is -1.51. The lowest BCUT2D eigenvalue weighted by Crippen LogP contribution is -2.59. The Kier molecular flexibility index (Phi) is 5.44. The number of nitrogens with two attached hydrogens (primary N) is 1. The van der Waals surface area contributed by atoms with Gasteiger partial charge < -0.3 is 10.3 Å². The first kappa shape index (κ1) is 22.5. The van der Waals surface area contributed by atoms with Gasteiger partial charge in [-0.05, 0) is 6.07 Å². The smallest absolute Gasteiger partial charge is 0.578 e. The Morgan fingerprint density at radius 1 is 0.769 bits per heavy atom. The second-order valence-electron chi connectivity index (χ2n) is 4.70. The Morgan fingerprint density at radius 2 is 1.23 bits per heavy atom. The highest BCUT2D eigenvalue weighted by atomic mass is 32.2. The van der Waals surface area contributed by atoms with E-state index < -0.39 is 62.8 Å². The van der Waals surface area contributed by atoms with Crippen LogP contribution in [-0.4, -0.2) is 28.3 Å². The van der Waals surface area contributed by atoms with E-state index in [1.165, 1.54) is 0 Å². The predicted octanol–water partition coefficient (Wildman–Crippen LogP) is 4.82. The van der Waals surface area contributed by atoms with Crippen molar-refractivity contribution >= 4 is 16.9 Å². The number of rotatable bonds is 3. The van der Waals surface area contributed by atoms with E-state index in [0.29, 0.717) is 0 Å². The zero-order valence-electron chi connectivity index (χ0n) is 11.7. The van der Waals surface area contributed by atoms with Crippen LogP contribution in [0, 0.1) is 0 Å². The fourth-order valence-corrected chi connectivity index (χ4v) is 2.52. The monoisotopic (exact) mass is 427 g/mol. The molecule has 0 aromatic heterocycles. The fraction of sp³-hybridized carbons (Fsp3) is 0.455. The summed E-state index contributed by atoms with van der Waals surface area (Å²) in [7, 11) is 0. The first-order valence-corrected chi connectivity index (χ1v) is 7.02. The first-order valence-electron chi connectivity index (χ1n) is 5.87. The molecule has 0 spiro atoms. The molecule has 26 heavy (non-hydrogen) atoms. The largest absolute Gasteiger partial charge is 0.604 e. The Balaban J connectivity index is 3.77. The van der Waals surface area contributed by atoms with Gasteiger partial charge in [0, 0.05) is 11.6 Å². The van der Waals surface area contributed by atoms with Crippen LogP contribution in [0.25, 0.3) is 0 Å². The van der Waals surface area contributed by atoms with E-state index in [0.717, 1.165) is 0 Å². The molecule has 0 amide bonds. The van der Waals surface area contributed by atoms with Crippen molar-refractivity contribution in [3.63, 3.8) is 0 Å². The topological polar surface area (TPSA) is 49.1 Å². The first-order chi connectivity index (χ1) is 11.3. The van der Waals surface area contributed by atoms with Crippen LogP contribution in [0.4, 0.5) is 58.4 Å². The summed E-state index contributed by atoms with van der Waals surface area (Å²) in [4.78, 5) is -1.81. The van der Waals surface area contributed by atoms with Crippen LogP contribution in [0.2, 0.25) is 0 Å². The number of nitrogen functional groups attached to an aromatic ring is 1. The van der Waals surface area contributed by atoms with Gasteiger partial charge in [-0.25, -0.2) is 4.39 Å². The maximum Gasteiger partial charge on any atom is 0.578 e. The maximum atomic E-state index is 14.2. The number of halogens is 12. The molecule has 2 atom stereocenters. The number of benzene rings is 1. The second-order valence-corrected chi connectivity index (χ2v) is 6.14. The van der Waals surface area contributed by atoms with E-state index in [1.807, 2.05) is 0 Å². The van der Waals surface area contributed by atoms with Crippen LogP contribution in [-0.2, 0) is 16.8 Å². The summed E-state index contributed by atoms with van der Waals surface area (Å²) < 4.78 is 164. The third-order valence-corrected chi connectivity index (χ3v) is 4.17. The molecule has 0 radical (unpaired) electrons. The van der Waals surface area contributed by atoms with E-state index >= 15 is 0 Å². The van der Waals surface area contributed by atoms with E-state index in [2.05, 4.69) is 0 Å². The number of alkyl halides is 12. The standard InChI is InChI=1S/C11H5F12NOS/c12-7(9(15,16)17,8(13,14)10(18,19)20)4-1-2-5(24)6(3-4)26(25)11(21,22)23/h1-3H,24H2. The van der Waals surface area contributed by atoms with Gasteiger partial charge in [0.1, 0.15) is 11.2 Å². The van der Waals surface area contributed by atoms with Gasteiger partial charge in [0.05, 0.1) is 5.69 Å². The van der Waals surface area contributed by atoms with Crippen molar-refractivity contribution in [1.82, 2.24) is 0 Å². The maximum absolute atomic E-state index is 14.2. The highest BCUT2D eigenvalue weighted by molar-refractivity contribution is 7.92. The van der Waals surface area contributed by atoms with Gasteiger partial charge in [-0.3, -0.25) is 0 Å². The predicted molar refractivity (Wildman–Crippen MR) is 63.2 cm³/mol. The molecular formula is C11H5F12NOS. The minimum absolute atomic E-state index is 0.000824. The normalized spacial score (nSPS) is 17.7. The number of anilines is 1. The van der Waals surface area contributed by atoms with E-state index in [4.69, 9.17) is 5.73 Å². The van der Waals surface area contributed by atoms with Crippen molar-refractivity contribution in [2.75, 3.05) is 5.73 Å². The molecule has 0 saturated carbocycles. The van der Waals surface area contributed by atoms with Crippen molar-refractivity contribution in [3.8, 4) is 0 Å². The van der Waals surface area contributed by atoms with Gasteiger partial charge in [-0.1, -0.05) is 6.07 Å². The van der Waals surface area contributed by atoms with Gasteiger partial charge in [-0.2, -0.15) is 35.1 Å². The van der Waals surface area contributed by atoms with Crippen LogP contribution in [0.1, 0.15) is 5.56 Å². The number of hydrogen-bond acceptors (Lipinski definition) is 2. The third kappa shape index (κ3) is 3.50. The molecule has 0 fully saturated rings. The molecule has 1 rings (SSSR count). The van der Waals surface area contributed by atoms with Crippen LogP contribution < -0.4 is 5.73 Å².